The van der Waals surface area contributed by atoms with Crippen molar-refractivity contribution in [2.45, 2.75) is 17.8 Å². The van der Waals surface area contributed by atoms with Gasteiger partial charge in [-0.3, -0.25) is 4.98 Å². The van der Waals surface area contributed by atoms with Gasteiger partial charge in [0.15, 0.2) is 10.8 Å². The Kier molecular flexibility index (Phi) is 4.95. The van der Waals surface area contributed by atoms with E-state index >= 15 is 0 Å². The van der Waals surface area contributed by atoms with Crippen molar-refractivity contribution in [3.05, 3.63) is 80.3 Å². The molecule has 0 saturated heterocycles. The molecule has 27 heavy (non-hydrogen) atoms. The molecule has 2 aromatic carbocycles. The maximum atomic E-state index is 12.4. The normalized spacial score (nSPS) is 11.2. The van der Waals surface area contributed by atoms with Crippen LogP contribution in [0.4, 0.5) is 0 Å². The van der Waals surface area contributed by atoms with Gasteiger partial charge in [-0.05, 0) is 30.2 Å². The van der Waals surface area contributed by atoms with Crippen molar-refractivity contribution in [2.75, 3.05) is 0 Å². The summed E-state index contributed by atoms with van der Waals surface area (Å²) in [6.45, 7) is 2.03. The maximum Gasteiger partial charge on any atom is 0.350 e. The third-order valence-corrected chi connectivity index (χ3v) is 5.61. The minimum Gasteiger partial charge on any atom is -0.285 e. The summed E-state index contributed by atoms with van der Waals surface area (Å²) in [7, 11) is 0. The number of H-pyrrole nitrogens is 1. The van der Waals surface area contributed by atoms with Crippen molar-refractivity contribution in [3.63, 3.8) is 0 Å². The van der Waals surface area contributed by atoms with Gasteiger partial charge in [0, 0.05) is 21.4 Å². The van der Waals surface area contributed by atoms with Crippen LogP contribution in [0.2, 0.25) is 10.0 Å². The minimum atomic E-state index is -0.330. The van der Waals surface area contributed by atoms with E-state index in [4.69, 9.17) is 23.2 Å². The second-order valence-corrected chi connectivity index (χ2v) is 7.84. The zero-order valence-corrected chi connectivity index (χ0v) is 16.6. The molecule has 4 aromatic rings. The Labute approximate surface area is 169 Å². The Morgan fingerprint density at radius 1 is 1.15 bits per heavy atom. The van der Waals surface area contributed by atoms with Gasteiger partial charge in [0.05, 0.1) is 6.20 Å². The van der Waals surface area contributed by atoms with Gasteiger partial charge in [0.1, 0.15) is 0 Å². The van der Waals surface area contributed by atoms with Crippen LogP contribution in [0.15, 0.2) is 58.6 Å². The molecule has 2 aromatic heterocycles. The van der Waals surface area contributed by atoms with Crippen molar-refractivity contribution in [1.82, 2.24) is 19.6 Å². The van der Waals surface area contributed by atoms with Crippen molar-refractivity contribution < 1.29 is 0 Å². The first-order valence-electron chi connectivity index (χ1n) is 8.13. The molecule has 0 aliphatic rings. The van der Waals surface area contributed by atoms with Gasteiger partial charge in [0.2, 0.25) is 0 Å². The SMILES string of the molecule is Cc1ccc(-c2cnn3c(=O)[nH]c(SCc4ccc(Cl)cc4Cl)nc23)cc1. The topological polar surface area (TPSA) is 63.1 Å². The van der Waals surface area contributed by atoms with E-state index in [-0.39, 0.29) is 5.69 Å². The molecule has 5 nitrogen and oxygen atoms in total. The van der Waals surface area contributed by atoms with Gasteiger partial charge in [0.25, 0.3) is 0 Å². The van der Waals surface area contributed by atoms with Crippen molar-refractivity contribution in [1.29, 1.82) is 0 Å². The van der Waals surface area contributed by atoms with E-state index in [1.54, 1.807) is 18.3 Å². The molecule has 0 fully saturated rings. The van der Waals surface area contributed by atoms with Gasteiger partial charge in [-0.25, -0.2) is 9.78 Å². The molecular formula is C19H14Cl2N4OS. The third-order valence-electron chi connectivity index (χ3n) is 4.10. The largest absolute Gasteiger partial charge is 0.350 e. The minimum absolute atomic E-state index is 0.330. The number of thioether (sulfide) groups is 1. The highest BCUT2D eigenvalue weighted by atomic mass is 35.5. The molecule has 0 saturated carbocycles. The first-order valence-corrected chi connectivity index (χ1v) is 9.87. The first-order chi connectivity index (χ1) is 13.0. The zero-order chi connectivity index (χ0) is 19.0. The monoisotopic (exact) mass is 416 g/mol. The van der Waals surface area contributed by atoms with E-state index in [9.17, 15) is 4.79 Å². The second kappa shape index (κ2) is 7.38. The number of nitrogens with one attached hydrogen (secondary N) is 1. The van der Waals surface area contributed by atoms with Gasteiger partial charge in [-0.2, -0.15) is 9.61 Å². The Morgan fingerprint density at radius 3 is 2.67 bits per heavy atom. The Balaban J connectivity index is 1.69. The molecule has 1 N–H and O–H groups in total. The average Bonchev–Trinajstić information content (AvgIpc) is 3.06. The zero-order valence-electron chi connectivity index (χ0n) is 14.2. The third kappa shape index (κ3) is 3.74. The summed E-state index contributed by atoms with van der Waals surface area (Å²) in [4.78, 5) is 19.7. The summed E-state index contributed by atoms with van der Waals surface area (Å²) >= 11 is 13.5. The lowest BCUT2D eigenvalue weighted by Crippen LogP contribution is -2.19. The van der Waals surface area contributed by atoms with Gasteiger partial charge >= 0.3 is 5.69 Å². The molecular weight excluding hydrogens is 403 g/mol. The standard InChI is InChI=1S/C19H14Cl2N4OS/c1-11-2-4-12(5-3-11)15-9-22-25-17(15)23-18(24-19(25)26)27-10-13-6-7-14(20)8-16(13)21/h2-9H,10H2,1H3,(H,23,24,26). The lowest BCUT2D eigenvalue weighted by atomic mass is 10.1. The molecule has 0 spiro atoms. The smallest absolute Gasteiger partial charge is 0.285 e. The summed E-state index contributed by atoms with van der Waals surface area (Å²) in [6.07, 6.45) is 1.66. The molecule has 0 unspecified atom stereocenters. The number of benzene rings is 2. The molecule has 0 amide bonds. The lowest BCUT2D eigenvalue weighted by Gasteiger charge is -2.05. The Hall–Kier alpha value is -2.28. The van der Waals surface area contributed by atoms with E-state index in [2.05, 4.69) is 15.1 Å². The first kappa shape index (κ1) is 18.1. The quantitative estimate of drug-likeness (QED) is 0.475. The second-order valence-electron chi connectivity index (χ2n) is 6.03. The van der Waals surface area contributed by atoms with Crippen LogP contribution in [0.1, 0.15) is 11.1 Å². The van der Waals surface area contributed by atoms with E-state index in [0.717, 1.165) is 22.3 Å². The van der Waals surface area contributed by atoms with Crippen LogP contribution in [0, 0.1) is 6.92 Å². The average molecular weight is 417 g/mol. The molecule has 2 heterocycles. The predicted molar refractivity (Wildman–Crippen MR) is 110 cm³/mol. The van der Waals surface area contributed by atoms with E-state index < -0.39 is 0 Å². The van der Waals surface area contributed by atoms with Crippen LogP contribution in [0.3, 0.4) is 0 Å². The number of aromatic amines is 1. The highest BCUT2D eigenvalue weighted by Gasteiger charge is 2.13. The van der Waals surface area contributed by atoms with Crippen LogP contribution in [0.25, 0.3) is 16.8 Å². The van der Waals surface area contributed by atoms with Crippen LogP contribution >= 0.6 is 35.0 Å². The summed E-state index contributed by atoms with van der Waals surface area (Å²) < 4.78 is 1.27. The summed E-state index contributed by atoms with van der Waals surface area (Å²) in [5.41, 5.74) is 4.05. The van der Waals surface area contributed by atoms with Crippen LogP contribution in [-0.2, 0) is 5.75 Å². The van der Waals surface area contributed by atoms with Crippen molar-refractivity contribution in [2.24, 2.45) is 0 Å². The van der Waals surface area contributed by atoms with Gasteiger partial charge in [-0.1, -0.05) is 70.9 Å². The molecule has 0 bridgehead atoms. The van der Waals surface area contributed by atoms with Gasteiger partial charge < -0.3 is 0 Å². The lowest BCUT2D eigenvalue weighted by molar-refractivity contribution is 0.786. The van der Waals surface area contributed by atoms with Crippen LogP contribution in [-0.4, -0.2) is 19.6 Å². The fourth-order valence-corrected chi connectivity index (χ4v) is 4.07. The Bertz CT molecular complexity index is 1180. The number of nitrogens with zero attached hydrogens (tertiary/aromatic N) is 3. The summed E-state index contributed by atoms with van der Waals surface area (Å²) in [5, 5.41) is 5.85. The molecule has 4 rings (SSSR count). The van der Waals surface area contributed by atoms with Gasteiger partial charge in [-0.15, -0.1) is 0 Å². The molecule has 136 valence electrons. The Morgan fingerprint density at radius 2 is 1.93 bits per heavy atom. The number of fused-ring (bicyclic) bond motifs is 1. The predicted octanol–water partition coefficient (Wildman–Crippen LogP) is 4.99. The van der Waals surface area contributed by atoms with Crippen LogP contribution < -0.4 is 5.69 Å². The number of rotatable bonds is 4. The highest BCUT2D eigenvalue weighted by Crippen LogP contribution is 2.28. The van der Waals surface area contributed by atoms with Crippen LogP contribution in [0.5, 0.6) is 0 Å². The van der Waals surface area contributed by atoms with Crippen molar-refractivity contribution in [3.8, 4) is 11.1 Å². The maximum absolute atomic E-state index is 12.4. The van der Waals surface area contributed by atoms with E-state index in [0.29, 0.717) is 26.6 Å². The highest BCUT2D eigenvalue weighted by molar-refractivity contribution is 7.98. The number of aromatic nitrogens is 4. The number of halogens is 2. The molecule has 0 aliphatic carbocycles. The fraction of sp³-hybridized carbons (Fsp3) is 0.105. The number of hydrogen-bond donors (Lipinski definition) is 1. The number of hydrogen-bond acceptors (Lipinski definition) is 4. The molecule has 0 aliphatic heterocycles. The summed E-state index contributed by atoms with van der Waals surface area (Å²) in [5.74, 6) is 0.559. The number of aryl methyl sites for hydroxylation is 1. The fourth-order valence-electron chi connectivity index (χ4n) is 2.66. The van der Waals surface area contributed by atoms with E-state index in [1.165, 1.54) is 16.3 Å². The molecule has 0 radical (unpaired) electrons. The molecule has 0 atom stereocenters. The molecule has 8 heteroatoms. The summed E-state index contributed by atoms with van der Waals surface area (Å²) in [6, 6.07) is 13.4. The van der Waals surface area contributed by atoms with Crippen molar-refractivity contribution >= 4 is 40.6 Å². The van der Waals surface area contributed by atoms with E-state index in [1.807, 2.05) is 37.3 Å².